The minimum Gasteiger partial charge on any atom is -0.367 e. The van der Waals surface area contributed by atoms with Gasteiger partial charge in [-0.25, -0.2) is 9.37 Å². The van der Waals surface area contributed by atoms with Gasteiger partial charge in [-0.2, -0.15) is 0 Å². The van der Waals surface area contributed by atoms with Crippen molar-refractivity contribution in [2.75, 3.05) is 56.5 Å². The molecule has 3 aliphatic heterocycles. The topological polar surface area (TPSA) is 89.1 Å². The third-order valence-corrected chi connectivity index (χ3v) is 8.38. The van der Waals surface area contributed by atoms with Crippen LogP contribution in [-0.2, 0) is 22.6 Å². The van der Waals surface area contributed by atoms with E-state index in [1.165, 1.54) is 23.5 Å². The number of anilines is 2. The molecular weight excluding hydrogens is 495 g/mol. The summed E-state index contributed by atoms with van der Waals surface area (Å²) in [6.45, 7) is 5.92. The fourth-order valence-electron chi connectivity index (χ4n) is 5.34. The van der Waals surface area contributed by atoms with Crippen molar-refractivity contribution in [3.05, 3.63) is 40.2 Å². The molecule has 4 heterocycles. The molecule has 0 unspecified atom stereocenters. The number of likely N-dealkylation sites (tertiary alicyclic amines) is 1. The quantitative estimate of drug-likeness (QED) is 0.642. The molecule has 198 valence electrons. The standard InChI is InChI=1S/C26H33FN6O3S/c1-17-14-31(11-12-33(17)24(35)16-32-9-4-3-5-23(32)34)21-7-6-18(27)13-19(21)25(36)29-26-28-20-8-10-30(2)15-22(20)37-26/h6-7,13,17H,3-5,8-12,14-16H2,1-2H3,(H,28,29,36)/t17-/m1/s1. The smallest absolute Gasteiger partial charge is 0.259 e. The predicted molar refractivity (Wildman–Crippen MR) is 140 cm³/mol. The van der Waals surface area contributed by atoms with Gasteiger partial charge >= 0.3 is 0 Å². The summed E-state index contributed by atoms with van der Waals surface area (Å²) in [7, 11) is 2.06. The molecule has 0 saturated carbocycles. The van der Waals surface area contributed by atoms with Crippen LogP contribution in [0.25, 0.3) is 0 Å². The van der Waals surface area contributed by atoms with Crippen molar-refractivity contribution in [1.82, 2.24) is 19.7 Å². The highest BCUT2D eigenvalue weighted by atomic mass is 32.1. The molecule has 9 nitrogen and oxygen atoms in total. The van der Waals surface area contributed by atoms with Gasteiger partial charge in [-0.1, -0.05) is 0 Å². The van der Waals surface area contributed by atoms with Gasteiger partial charge in [0, 0.05) is 68.7 Å². The summed E-state index contributed by atoms with van der Waals surface area (Å²) in [5.41, 5.74) is 1.89. The number of piperazine rings is 1. The number of piperidine rings is 1. The van der Waals surface area contributed by atoms with Gasteiger partial charge in [0.15, 0.2) is 5.13 Å². The van der Waals surface area contributed by atoms with Crippen molar-refractivity contribution in [1.29, 1.82) is 0 Å². The number of benzene rings is 1. The Bertz CT molecular complexity index is 1200. The van der Waals surface area contributed by atoms with Crippen LogP contribution >= 0.6 is 11.3 Å². The van der Waals surface area contributed by atoms with Gasteiger partial charge in [0.05, 0.1) is 17.8 Å². The van der Waals surface area contributed by atoms with Crippen LogP contribution in [0.5, 0.6) is 0 Å². The van der Waals surface area contributed by atoms with E-state index in [0.29, 0.717) is 43.4 Å². The second kappa shape index (κ2) is 10.7. The molecular formula is C26H33FN6O3S. The Balaban J connectivity index is 1.27. The molecule has 0 radical (unpaired) electrons. The Morgan fingerprint density at radius 2 is 2.00 bits per heavy atom. The van der Waals surface area contributed by atoms with Gasteiger partial charge in [-0.15, -0.1) is 11.3 Å². The molecule has 0 aliphatic carbocycles. The van der Waals surface area contributed by atoms with Crippen LogP contribution in [0.1, 0.15) is 47.1 Å². The minimum atomic E-state index is -0.484. The minimum absolute atomic E-state index is 0.0426. The molecule has 0 bridgehead atoms. The fraction of sp³-hybridized carbons (Fsp3) is 0.538. The van der Waals surface area contributed by atoms with Gasteiger partial charge in [0.1, 0.15) is 5.82 Å². The number of halogens is 1. The summed E-state index contributed by atoms with van der Waals surface area (Å²) < 4.78 is 14.2. The van der Waals surface area contributed by atoms with Crippen LogP contribution in [0.15, 0.2) is 18.2 Å². The fourth-order valence-corrected chi connectivity index (χ4v) is 6.42. The Kier molecular flexibility index (Phi) is 7.43. The van der Waals surface area contributed by atoms with Gasteiger partial charge in [-0.3, -0.25) is 19.7 Å². The summed E-state index contributed by atoms with van der Waals surface area (Å²) in [6.07, 6.45) is 3.16. The average molecular weight is 529 g/mol. The van der Waals surface area contributed by atoms with E-state index in [-0.39, 0.29) is 30.0 Å². The van der Waals surface area contributed by atoms with Crippen LogP contribution in [0.2, 0.25) is 0 Å². The number of amides is 3. The first-order chi connectivity index (χ1) is 17.8. The van der Waals surface area contributed by atoms with Crippen molar-refractivity contribution >= 4 is 39.9 Å². The van der Waals surface area contributed by atoms with Crippen molar-refractivity contribution in [2.24, 2.45) is 0 Å². The molecule has 1 aromatic heterocycles. The van der Waals surface area contributed by atoms with E-state index in [0.717, 1.165) is 42.9 Å². The first-order valence-electron chi connectivity index (χ1n) is 12.9. The Hall–Kier alpha value is -3.05. The molecule has 3 aliphatic rings. The first-order valence-corrected chi connectivity index (χ1v) is 13.7. The number of hydrogen-bond acceptors (Lipinski definition) is 7. The van der Waals surface area contributed by atoms with E-state index in [2.05, 4.69) is 22.2 Å². The van der Waals surface area contributed by atoms with Crippen LogP contribution in [0.4, 0.5) is 15.2 Å². The number of carbonyl (C=O) groups excluding carboxylic acids is 3. The van der Waals surface area contributed by atoms with Crippen molar-refractivity contribution in [2.45, 2.75) is 45.2 Å². The summed E-state index contributed by atoms with van der Waals surface area (Å²) in [4.78, 5) is 51.8. The number of thiazole rings is 1. The molecule has 2 fully saturated rings. The van der Waals surface area contributed by atoms with Gasteiger partial charge in [0.25, 0.3) is 5.91 Å². The average Bonchev–Trinajstić information content (AvgIpc) is 3.26. The van der Waals surface area contributed by atoms with E-state index >= 15 is 0 Å². The lowest BCUT2D eigenvalue weighted by molar-refractivity contribution is -0.143. The second-order valence-corrected chi connectivity index (χ2v) is 11.2. The lowest BCUT2D eigenvalue weighted by Gasteiger charge is -2.42. The zero-order valence-corrected chi connectivity index (χ0v) is 22.2. The molecule has 1 aromatic carbocycles. The zero-order valence-electron chi connectivity index (χ0n) is 21.3. The number of nitrogens with zero attached hydrogens (tertiary/aromatic N) is 5. The van der Waals surface area contributed by atoms with E-state index in [1.807, 2.05) is 11.8 Å². The molecule has 11 heteroatoms. The maximum Gasteiger partial charge on any atom is 0.259 e. The van der Waals surface area contributed by atoms with Crippen LogP contribution in [-0.4, -0.2) is 89.8 Å². The van der Waals surface area contributed by atoms with Crippen molar-refractivity contribution in [3.63, 3.8) is 0 Å². The molecule has 2 saturated heterocycles. The van der Waals surface area contributed by atoms with Crippen LogP contribution in [0.3, 0.4) is 0 Å². The molecule has 1 atom stereocenters. The SMILES string of the molecule is C[C@@H]1CN(c2ccc(F)cc2C(=O)Nc2nc3c(s2)CN(C)CC3)CCN1C(=O)CN1CCCCC1=O. The number of carbonyl (C=O) groups is 3. The third-order valence-electron chi connectivity index (χ3n) is 7.38. The monoisotopic (exact) mass is 528 g/mol. The molecule has 2 aromatic rings. The third kappa shape index (κ3) is 5.62. The van der Waals surface area contributed by atoms with E-state index < -0.39 is 11.7 Å². The van der Waals surface area contributed by atoms with Gasteiger partial charge in [-0.05, 0) is 45.0 Å². The highest BCUT2D eigenvalue weighted by Crippen LogP contribution is 2.30. The molecule has 5 rings (SSSR count). The van der Waals surface area contributed by atoms with Gasteiger partial charge < -0.3 is 19.6 Å². The highest BCUT2D eigenvalue weighted by Gasteiger charge is 2.31. The maximum atomic E-state index is 14.2. The van der Waals surface area contributed by atoms with Crippen LogP contribution < -0.4 is 10.2 Å². The number of nitrogens with one attached hydrogen (secondary N) is 1. The van der Waals surface area contributed by atoms with Crippen LogP contribution in [0, 0.1) is 5.82 Å². The van der Waals surface area contributed by atoms with E-state index in [1.54, 1.807) is 15.9 Å². The Morgan fingerprint density at radius 1 is 1.16 bits per heavy atom. The summed E-state index contributed by atoms with van der Waals surface area (Å²) in [5, 5.41) is 3.40. The normalized spacial score (nSPS) is 20.7. The summed E-state index contributed by atoms with van der Waals surface area (Å²) in [6, 6.07) is 4.12. The number of likely N-dealkylation sites (N-methyl/N-ethyl adjacent to an activating group) is 1. The summed E-state index contributed by atoms with van der Waals surface area (Å²) >= 11 is 1.46. The predicted octanol–water partition coefficient (Wildman–Crippen LogP) is 2.57. The molecule has 3 amide bonds. The molecule has 1 N–H and O–H groups in total. The van der Waals surface area contributed by atoms with Crippen molar-refractivity contribution < 1.29 is 18.8 Å². The second-order valence-electron chi connectivity index (χ2n) is 10.1. The Morgan fingerprint density at radius 3 is 2.78 bits per heavy atom. The van der Waals surface area contributed by atoms with E-state index in [9.17, 15) is 18.8 Å². The zero-order chi connectivity index (χ0) is 26.1. The van der Waals surface area contributed by atoms with Crippen molar-refractivity contribution in [3.8, 4) is 0 Å². The lowest BCUT2D eigenvalue weighted by atomic mass is 10.1. The van der Waals surface area contributed by atoms with E-state index in [4.69, 9.17) is 0 Å². The maximum absolute atomic E-state index is 14.2. The Labute approximate surface area is 220 Å². The number of fused-ring (bicyclic) bond motifs is 1. The highest BCUT2D eigenvalue weighted by molar-refractivity contribution is 7.15. The number of rotatable bonds is 5. The molecule has 37 heavy (non-hydrogen) atoms. The number of hydrogen-bond donors (Lipinski definition) is 1. The number of aromatic nitrogens is 1. The first kappa shape index (κ1) is 25.6. The van der Waals surface area contributed by atoms with Gasteiger partial charge in [0.2, 0.25) is 11.8 Å². The lowest BCUT2D eigenvalue weighted by Crippen LogP contribution is -2.56. The molecule has 0 spiro atoms. The summed E-state index contributed by atoms with van der Waals surface area (Å²) in [5.74, 6) is -0.899. The largest absolute Gasteiger partial charge is 0.367 e.